The van der Waals surface area contributed by atoms with Crippen LogP contribution >= 0.6 is 0 Å². The first-order chi connectivity index (χ1) is 10.9. The molecule has 0 bridgehead atoms. The predicted octanol–water partition coefficient (Wildman–Crippen LogP) is 5.05. The van der Waals surface area contributed by atoms with Gasteiger partial charge < -0.3 is 4.74 Å². The second kappa shape index (κ2) is 4.97. The smallest absolute Gasteiger partial charge is 0.334 e. The highest BCUT2D eigenvalue weighted by Gasteiger charge is 2.61. The molecule has 0 aromatic carbocycles. The molecule has 1 heterocycles. The third-order valence-corrected chi connectivity index (χ3v) is 7.89. The van der Waals surface area contributed by atoms with E-state index in [1.165, 1.54) is 37.7 Å². The maximum Gasteiger partial charge on any atom is 0.334 e. The van der Waals surface area contributed by atoms with Crippen LogP contribution in [0.4, 0.5) is 0 Å². The summed E-state index contributed by atoms with van der Waals surface area (Å²) in [6.45, 7) is 13.3. The molecule has 3 aliphatic carbocycles. The molecule has 0 aromatic rings. The Kier molecular flexibility index (Phi) is 3.35. The highest BCUT2D eigenvalue weighted by Crippen LogP contribution is 2.63. The van der Waals surface area contributed by atoms with Gasteiger partial charge in [0, 0.05) is 11.0 Å². The number of cyclic esters (lactones) is 1. The number of esters is 1. The minimum atomic E-state index is -0.138. The van der Waals surface area contributed by atoms with Crippen LogP contribution in [-0.2, 0) is 9.53 Å². The molecular weight excluding hydrogens is 284 g/mol. The predicted molar refractivity (Wildman–Crippen MR) is 91.8 cm³/mol. The summed E-state index contributed by atoms with van der Waals surface area (Å²) in [5, 5.41) is 0. The highest BCUT2D eigenvalue weighted by molar-refractivity contribution is 5.93. The molecule has 0 radical (unpaired) electrons. The van der Waals surface area contributed by atoms with Crippen LogP contribution in [0.3, 0.4) is 0 Å². The second-order valence-electron chi connectivity index (χ2n) is 9.00. The van der Waals surface area contributed by atoms with Crippen molar-refractivity contribution in [3.05, 3.63) is 24.3 Å². The maximum atomic E-state index is 11.9. The minimum Gasteiger partial charge on any atom is -0.458 e. The first kappa shape index (κ1) is 15.5. The van der Waals surface area contributed by atoms with E-state index in [9.17, 15) is 4.79 Å². The highest BCUT2D eigenvalue weighted by atomic mass is 16.6. The van der Waals surface area contributed by atoms with Gasteiger partial charge in [-0.15, -0.1) is 0 Å². The molecule has 126 valence electrons. The van der Waals surface area contributed by atoms with Crippen LogP contribution in [0.2, 0.25) is 0 Å². The minimum absolute atomic E-state index is 0.0143. The Bertz CT molecular complexity index is 570. The summed E-state index contributed by atoms with van der Waals surface area (Å²) in [4.78, 5) is 11.9. The van der Waals surface area contributed by atoms with Gasteiger partial charge in [0.2, 0.25) is 0 Å². The number of rotatable bonds is 3. The monoisotopic (exact) mass is 314 g/mol. The van der Waals surface area contributed by atoms with E-state index >= 15 is 0 Å². The zero-order valence-electron chi connectivity index (χ0n) is 14.7. The third-order valence-electron chi connectivity index (χ3n) is 7.89. The van der Waals surface area contributed by atoms with Gasteiger partial charge in [-0.25, -0.2) is 4.79 Å². The molecule has 1 spiro atoms. The van der Waals surface area contributed by atoms with Crippen LogP contribution in [0.25, 0.3) is 0 Å². The van der Waals surface area contributed by atoms with E-state index in [2.05, 4.69) is 27.0 Å². The molecule has 4 aliphatic rings. The van der Waals surface area contributed by atoms with Crippen molar-refractivity contribution in [1.82, 2.24) is 0 Å². The first-order valence-corrected chi connectivity index (χ1v) is 9.46. The maximum absolute atomic E-state index is 11.9. The molecule has 2 nitrogen and oxygen atoms in total. The van der Waals surface area contributed by atoms with E-state index in [0.717, 1.165) is 36.7 Å². The van der Waals surface area contributed by atoms with Gasteiger partial charge in [0.25, 0.3) is 0 Å². The van der Waals surface area contributed by atoms with Crippen LogP contribution in [0.1, 0.15) is 65.2 Å². The van der Waals surface area contributed by atoms with Gasteiger partial charge in [-0.3, -0.25) is 0 Å². The SMILES string of the molecule is C=C1CCC[C@]2(C)[C@@H](C(C)CC3OC(=O)C(=C)C34CC4)CC[C@@H]12. The van der Waals surface area contributed by atoms with Gasteiger partial charge in [-0.2, -0.15) is 0 Å². The molecule has 5 atom stereocenters. The number of carbonyl (C=O) groups is 1. The van der Waals surface area contributed by atoms with E-state index in [4.69, 9.17) is 4.74 Å². The Labute approximate surface area is 140 Å². The number of fused-ring (bicyclic) bond motifs is 1. The normalized spacial score (nSPS) is 42.7. The largest absolute Gasteiger partial charge is 0.458 e. The average Bonchev–Trinajstić information content (AvgIpc) is 3.17. The third kappa shape index (κ3) is 2.09. The fourth-order valence-electron chi connectivity index (χ4n) is 6.34. The lowest BCUT2D eigenvalue weighted by Crippen LogP contribution is -2.37. The standard InChI is InChI=1S/C21H30O2/c1-13-6-5-9-20(4)16(13)7-8-17(20)14(2)12-18-21(10-11-21)15(3)19(22)23-18/h14,16-18H,1,3,5-12H2,2,4H3/t14?,16-,17+,18?,20-/m0/s1. The summed E-state index contributed by atoms with van der Waals surface area (Å²) in [7, 11) is 0. The molecule has 4 rings (SSSR count). The molecule has 4 fully saturated rings. The Balaban J connectivity index is 1.50. The van der Waals surface area contributed by atoms with Gasteiger partial charge in [0.05, 0.1) is 0 Å². The summed E-state index contributed by atoms with van der Waals surface area (Å²) in [6, 6.07) is 0. The molecule has 0 aromatic heterocycles. The number of allylic oxidation sites excluding steroid dienone is 1. The molecule has 0 N–H and O–H groups in total. The Morgan fingerprint density at radius 1 is 1.26 bits per heavy atom. The molecule has 1 aliphatic heterocycles. The molecular formula is C21H30O2. The van der Waals surface area contributed by atoms with E-state index in [1.54, 1.807) is 0 Å². The van der Waals surface area contributed by atoms with Crippen LogP contribution in [0.15, 0.2) is 24.3 Å². The molecule has 1 saturated heterocycles. The van der Waals surface area contributed by atoms with E-state index in [-0.39, 0.29) is 17.5 Å². The molecule has 2 heteroatoms. The topological polar surface area (TPSA) is 26.3 Å². The number of ether oxygens (including phenoxy) is 1. The first-order valence-electron chi connectivity index (χ1n) is 9.46. The number of carbonyl (C=O) groups excluding carboxylic acids is 1. The van der Waals surface area contributed by atoms with Gasteiger partial charge in [0.15, 0.2) is 0 Å². The van der Waals surface area contributed by atoms with Crippen LogP contribution in [0, 0.1) is 28.6 Å². The summed E-state index contributed by atoms with van der Waals surface area (Å²) >= 11 is 0. The van der Waals surface area contributed by atoms with Crippen molar-refractivity contribution in [2.45, 2.75) is 71.3 Å². The fraction of sp³-hybridized carbons (Fsp3) is 0.762. The zero-order valence-corrected chi connectivity index (χ0v) is 14.7. The van der Waals surface area contributed by atoms with E-state index in [1.807, 2.05) is 0 Å². The van der Waals surface area contributed by atoms with Crippen molar-refractivity contribution in [3.63, 3.8) is 0 Å². The summed E-state index contributed by atoms with van der Waals surface area (Å²) in [5.41, 5.74) is 2.68. The molecule has 23 heavy (non-hydrogen) atoms. The number of hydrogen-bond donors (Lipinski definition) is 0. The van der Waals surface area contributed by atoms with Crippen molar-refractivity contribution in [2.75, 3.05) is 0 Å². The van der Waals surface area contributed by atoms with Crippen LogP contribution in [-0.4, -0.2) is 12.1 Å². The van der Waals surface area contributed by atoms with Gasteiger partial charge in [-0.1, -0.05) is 32.6 Å². The Morgan fingerprint density at radius 3 is 2.70 bits per heavy atom. The van der Waals surface area contributed by atoms with Crippen molar-refractivity contribution >= 4 is 5.97 Å². The van der Waals surface area contributed by atoms with E-state index < -0.39 is 0 Å². The van der Waals surface area contributed by atoms with Crippen molar-refractivity contribution in [3.8, 4) is 0 Å². The summed E-state index contributed by atoms with van der Waals surface area (Å²) in [5.74, 6) is 1.94. The fourth-order valence-corrected chi connectivity index (χ4v) is 6.34. The van der Waals surface area contributed by atoms with Crippen molar-refractivity contribution in [2.24, 2.45) is 28.6 Å². The van der Waals surface area contributed by atoms with Gasteiger partial charge in [0.1, 0.15) is 6.10 Å². The summed E-state index contributed by atoms with van der Waals surface area (Å²) in [6.07, 6.45) is 9.79. The molecule has 2 unspecified atom stereocenters. The Hall–Kier alpha value is -1.05. The Morgan fingerprint density at radius 2 is 2.00 bits per heavy atom. The van der Waals surface area contributed by atoms with Crippen molar-refractivity contribution in [1.29, 1.82) is 0 Å². The lowest BCUT2D eigenvalue weighted by atomic mass is 9.61. The zero-order chi connectivity index (χ0) is 16.4. The number of hydrogen-bond acceptors (Lipinski definition) is 2. The van der Waals surface area contributed by atoms with Crippen molar-refractivity contribution < 1.29 is 9.53 Å². The lowest BCUT2D eigenvalue weighted by molar-refractivity contribution is -0.140. The molecule has 3 saturated carbocycles. The van der Waals surface area contributed by atoms with Gasteiger partial charge >= 0.3 is 5.97 Å². The lowest BCUT2D eigenvalue weighted by Gasteiger charge is -2.44. The van der Waals surface area contributed by atoms with Crippen LogP contribution < -0.4 is 0 Å². The summed E-state index contributed by atoms with van der Waals surface area (Å²) < 4.78 is 5.72. The quantitative estimate of drug-likeness (QED) is 0.414. The van der Waals surface area contributed by atoms with E-state index in [0.29, 0.717) is 11.3 Å². The van der Waals surface area contributed by atoms with Gasteiger partial charge in [-0.05, 0) is 74.5 Å². The molecule has 0 amide bonds. The average molecular weight is 314 g/mol. The van der Waals surface area contributed by atoms with Crippen LogP contribution in [0.5, 0.6) is 0 Å². The second-order valence-corrected chi connectivity index (χ2v) is 9.00.